The molecule has 0 bridgehead atoms. The van der Waals surface area contributed by atoms with Crippen LogP contribution in [0, 0.1) is 23.7 Å². The third kappa shape index (κ3) is 3.33. The summed E-state index contributed by atoms with van der Waals surface area (Å²) in [5, 5.41) is 50.3. The predicted molar refractivity (Wildman–Crippen MR) is 102 cm³/mol. The molecule has 0 spiro atoms. The maximum absolute atomic E-state index is 12.2. The van der Waals surface area contributed by atoms with E-state index in [0.29, 0.717) is 24.0 Å². The first-order valence-electron chi connectivity index (χ1n) is 10.4. The normalized spacial score (nSPS) is 51.3. The van der Waals surface area contributed by atoms with Gasteiger partial charge < -0.3 is 39.7 Å². The first-order valence-corrected chi connectivity index (χ1v) is 10.4. The lowest BCUT2D eigenvalue weighted by atomic mass is 9.80. The van der Waals surface area contributed by atoms with Crippen molar-refractivity contribution in [3.8, 4) is 0 Å². The van der Waals surface area contributed by atoms with Gasteiger partial charge in [0.2, 0.25) is 0 Å². The van der Waals surface area contributed by atoms with Crippen molar-refractivity contribution in [1.82, 2.24) is 0 Å². The Morgan fingerprint density at radius 1 is 1.07 bits per heavy atom. The molecule has 2 saturated carbocycles. The lowest BCUT2D eigenvalue weighted by Gasteiger charge is -2.40. The number of fused-ring (bicyclic) bond motifs is 3. The van der Waals surface area contributed by atoms with Crippen molar-refractivity contribution in [2.45, 2.75) is 68.8 Å². The molecule has 0 aromatic carbocycles. The largest absolute Gasteiger partial charge is 0.461 e. The van der Waals surface area contributed by atoms with Crippen LogP contribution in [0.3, 0.4) is 0 Å². The highest BCUT2D eigenvalue weighted by atomic mass is 16.7. The second kappa shape index (κ2) is 7.98. The number of carbonyl (C=O) groups is 1. The zero-order valence-corrected chi connectivity index (χ0v) is 16.8. The van der Waals surface area contributed by atoms with Crippen LogP contribution in [0.1, 0.15) is 19.8 Å². The molecule has 30 heavy (non-hydrogen) atoms. The van der Waals surface area contributed by atoms with Crippen LogP contribution >= 0.6 is 0 Å². The molecule has 4 rings (SSSR count). The van der Waals surface area contributed by atoms with Gasteiger partial charge in [-0.05, 0) is 29.9 Å². The molecule has 2 aliphatic heterocycles. The Bertz CT molecular complexity index is 721. The second-order valence-electron chi connectivity index (χ2n) is 8.95. The predicted octanol–water partition coefficient (Wildman–Crippen LogP) is -1.14. The average molecular weight is 426 g/mol. The Morgan fingerprint density at radius 2 is 1.77 bits per heavy atom. The summed E-state index contributed by atoms with van der Waals surface area (Å²) in [6, 6.07) is 0. The minimum Gasteiger partial charge on any atom is -0.461 e. The van der Waals surface area contributed by atoms with E-state index in [2.05, 4.69) is 13.2 Å². The zero-order valence-electron chi connectivity index (χ0n) is 16.8. The summed E-state index contributed by atoms with van der Waals surface area (Å²) in [5.74, 6) is -1.31. The molecular formula is C21H30O9. The van der Waals surface area contributed by atoms with Crippen LogP contribution in [0.15, 0.2) is 24.3 Å². The summed E-state index contributed by atoms with van der Waals surface area (Å²) in [6.07, 6.45) is -7.94. The van der Waals surface area contributed by atoms with E-state index in [-0.39, 0.29) is 29.6 Å². The highest BCUT2D eigenvalue weighted by Gasteiger charge is 2.57. The summed E-state index contributed by atoms with van der Waals surface area (Å²) in [6.45, 7) is 9.47. The third-order valence-corrected chi connectivity index (χ3v) is 7.33. The molecule has 2 saturated heterocycles. The fourth-order valence-corrected chi connectivity index (χ4v) is 5.43. The smallest absolute Gasteiger partial charge is 0.309 e. The van der Waals surface area contributed by atoms with Crippen molar-refractivity contribution in [1.29, 1.82) is 0 Å². The molecule has 0 unspecified atom stereocenters. The molecule has 2 heterocycles. The SMILES string of the molecule is C=C1[C@@H]2[C@H]3OC(=O)[C@@H](C)[C@@H]3C[C@@H](O)C(=C)[C@@H]2C[C@H]1O[C@@H]1O[C@H](CO)[C@@H](O)[C@@H](O)[C@H]1O. The summed E-state index contributed by atoms with van der Waals surface area (Å²) in [5.41, 5.74) is 1.28. The number of rotatable bonds is 3. The summed E-state index contributed by atoms with van der Waals surface area (Å²) < 4.78 is 17.1. The highest BCUT2D eigenvalue weighted by molar-refractivity contribution is 5.75. The van der Waals surface area contributed by atoms with E-state index in [1.54, 1.807) is 6.92 Å². The molecule has 4 aliphatic rings. The van der Waals surface area contributed by atoms with Gasteiger partial charge in [-0.25, -0.2) is 0 Å². The molecule has 9 nitrogen and oxygen atoms in total. The molecule has 0 radical (unpaired) electrons. The van der Waals surface area contributed by atoms with Gasteiger partial charge in [-0.15, -0.1) is 0 Å². The lowest BCUT2D eigenvalue weighted by Crippen LogP contribution is -2.59. The van der Waals surface area contributed by atoms with Crippen molar-refractivity contribution in [2.24, 2.45) is 23.7 Å². The number of hydrogen-bond acceptors (Lipinski definition) is 9. The minimum atomic E-state index is -1.54. The van der Waals surface area contributed by atoms with Crippen molar-refractivity contribution in [2.75, 3.05) is 6.61 Å². The fraction of sp³-hybridized carbons (Fsp3) is 0.762. The van der Waals surface area contributed by atoms with E-state index in [0.717, 1.165) is 0 Å². The van der Waals surface area contributed by atoms with Crippen molar-refractivity contribution in [3.05, 3.63) is 24.3 Å². The number of carbonyl (C=O) groups excluding carboxylic acids is 1. The number of esters is 1. The van der Waals surface area contributed by atoms with Gasteiger partial charge >= 0.3 is 5.97 Å². The van der Waals surface area contributed by atoms with E-state index in [4.69, 9.17) is 14.2 Å². The van der Waals surface area contributed by atoms with Gasteiger partial charge in [0.05, 0.1) is 24.7 Å². The Morgan fingerprint density at radius 3 is 2.43 bits per heavy atom. The quantitative estimate of drug-likeness (QED) is 0.279. The molecule has 0 aromatic rings. The van der Waals surface area contributed by atoms with Gasteiger partial charge in [0.15, 0.2) is 6.29 Å². The van der Waals surface area contributed by atoms with E-state index in [9.17, 15) is 30.3 Å². The topological polar surface area (TPSA) is 146 Å². The number of aliphatic hydroxyl groups is 5. The van der Waals surface area contributed by atoms with Crippen LogP contribution < -0.4 is 0 Å². The Balaban J connectivity index is 1.56. The number of hydrogen-bond donors (Lipinski definition) is 5. The molecule has 9 heteroatoms. The molecular weight excluding hydrogens is 396 g/mol. The van der Waals surface area contributed by atoms with Crippen LogP contribution in [-0.2, 0) is 19.0 Å². The number of aliphatic hydroxyl groups excluding tert-OH is 5. The van der Waals surface area contributed by atoms with Crippen molar-refractivity contribution < 1.29 is 44.5 Å². The first kappa shape index (κ1) is 21.9. The van der Waals surface area contributed by atoms with Gasteiger partial charge in [0, 0.05) is 11.8 Å². The summed E-state index contributed by atoms with van der Waals surface area (Å²) >= 11 is 0. The molecule has 168 valence electrons. The molecule has 0 amide bonds. The van der Waals surface area contributed by atoms with Crippen LogP contribution in [0.25, 0.3) is 0 Å². The zero-order chi connectivity index (χ0) is 21.9. The molecule has 0 aromatic heterocycles. The third-order valence-electron chi connectivity index (χ3n) is 7.33. The van der Waals surface area contributed by atoms with Gasteiger partial charge in [-0.1, -0.05) is 20.1 Å². The van der Waals surface area contributed by atoms with Gasteiger partial charge in [-0.3, -0.25) is 4.79 Å². The van der Waals surface area contributed by atoms with E-state index in [1.807, 2.05) is 0 Å². The van der Waals surface area contributed by atoms with Gasteiger partial charge in [0.1, 0.15) is 30.5 Å². The average Bonchev–Trinajstić information content (AvgIpc) is 3.15. The maximum atomic E-state index is 12.2. The fourth-order valence-electron chi connectivity index (χ4n) is 5.43. The summed E-state index contributed by atoms with van der Waals surface area (Å²) in [7, 11) is 0. The highest BCUT2D eigenvalue weighted by Crippen LogP contribution is 2.53. The van der Waals surface area contributed by atoms with Crippen LogP contribution in [-0.4, -0.2) is 87.1 Å². The van der Waals surface area contributed by atoms with E-state index < -0.39 is 55.6 Å². The monoisotopic (exact) mass is 426 g/mol. The van der Waals surface area contributed by atoms with Gasteiger partial charge in [-0.2, -0.15) is 0 Å². The standard InChI is InChI=1S/C21H30O9/c1-7-10-5-13(28-21-18(26)17(25)16(24)14(6-22)29-21)9(3)15(10)19-11(4-12(7)23)8(2)20(27)30-19/h8,10-19,21-26H,1,3-6H2,2H3/t8-,10-,11-,12+,13+,14+,15-,16+,17+,18+,19-,21+/m0/s1. The summed E-state index contributed by atoms with van der Waals surface area (Å²) in [4.78, 5) is 12.2. The van der Waals surface area contributed by atoms with Crippen LogP contribution in [0.5, 0.6) is 0 Å². The van der Waals surface area contributed by atoms with Crippen LogP contribution in [0.2, 0.25) is 0 Å². The van der Waals surface area contributed by atoms with E-state index >= 15 is 0 Å². The van der Waals surface area contributed by atoms with Crippen molar-refractivity contribution in [3.63, 3.8) is 0 Å². The minimum absolute atomic E-state index is 0.165. The van der Waals surface area contributed by atoms with E-state index in [1.165, 1.54) is 0 Å². The molecule has 12 atom stereocenters. The first-order chi connectivity index (χ1) is 14.1. The Kier molecular flexibility index (Phi) is 5.82. The van der Waals surface area contributed by atoms with Crippen LogP contribution in [0.4, 0.5) is 0 Å². The Labute approximate surface area is 174 Å². The lowest BCUT2D eigenvalue weighted by molar-refractivity contribution is -0.308. The molecule has 2 aliphatic carbocycles. The number of ether oxygens (including phenoxy) is 3. The maximum Gasteiger partial charge on any atom is 0.309 e. The second-order valence-corrected chi connectivity index (χ2v) is 8.95. The molecule has 4 fully saturated rings. The molecule has 5 N–H and O–H groups in total. The Hall–Kier alpha value is -1.33. The van der Waals surface area contributed by atoms with Gasteiger partial charge in [0.25, 0.3) is 0 Å². The van der Waals surface area contributed by atoms with Crippen molar-refractivity contribution >= 4 is 5.97 Å².